The quantitative estimate of drug-likeness (QED) is 0.590. The van der Waals surface area contributed by atoms with Gasteiger partial charge in [-0.1, -0.05) is 23.2 Å². The van der Waals surface area contributed by atoms with Gasteiger partial charge in [0, 0.05) is 7.05 Å². The molecule has 0 aliphatic carbocycles. The first kappa shape index (κ1) is 11.8. The van der Waals surface area contributed by atoms with E-state index >= 15 is 0 Å². The maximum atomic E-state index is 11.7. The Labute approximate surface area is 97.0 Å². The van der Waals surface area contributed by atoms with Crippen LogP contribution in [0.5, 0.6) is 0 Å². The molecule has 1 aromatic rings. The van der Waals surface area contributed by atoms with Gasteiger partial charge in [-0.2, -0.15) is 5.26 Å². The van der Waals surface area contributed by atoms with Gasteiger partial charge in [-0.3, -0.25) is 4.79 Å². The van der Waals surface area contributed by atoms with Crippen molar-refractivity contribution in [1.82, 2.24) is 9.88 Å². The number of carbonyl (C=O) groups is 1. The second-order valence-corrected chi connectivity index (χ2v) is 3.54. The molecular formula is C9H7Cl2N3O. The van der Waals surface area contributed by atoms with Crippen LogP contribution in [0.15, 0.2) is 12.1 Å². The molecule has 0 aromatic carbocycles. The van der Waals surface area contributed by atoms with Gasteiger partial charge in [0.05, 0.1) is 11.6 Å². The lowest BCUT2D eigenvalue weighted by Gasteiger charge is -2.13. The maximum Gasteiger partial charge on any atom is 0.257 e. The number of hydrogen-bond donors (Lipinski definition) is 0. The smallest absolute Gasteiger partial charge is 0.257 e. The highest BCUT2D eigenvalue weighted by atomic mass is 35.5. The van der Waals surface area contributed by atoms with E-state index in [0.29, 0.717) is 0 Å². The highest BCUT2D eigenvalue weighted by Gasteiger charge is 2.15. The minimum atomic E-state index is -0.356. The van der Waals surface area contributed by atoms with Crippen LogP contribution in [0.1, 0.15) is 10.4 Å². The Morgan fingerprint density at radius 1 is 1.60 bits per heavy atom. The summed E-state index contributed by atoms with van der Waals surface area (Å²) in [5, 5.41) is 8.69. The van der Waals surface area contributed by atoms with E-state index < -0.39 is 0 Å². The summed E-state index contributed by atoms with van der Waals surface area (Å²) >= 11 is 11.3. The fourth-order valence-electron chi connectivity index (χ4n) is 0.955. The van der Waals surface area contributed by atoms with E-state index in [1.165, 1.54) is 24.1 Å². The molecule has 0 aliphatic heterocycles. The normalized spacial score (nSPS) is 9.47. The Balaban J connectivity index is 2.97. The largest absolute Gasteiger partial charge is 0.328 e. The minimum absolute atomic E-state index is 0.00219. The molecule has 15 heavy (non-hydrogen) atoms. The summed E-state index contributed by atoms with van der Waals surface area (Å²) in [4.78, 5) is 16.7. The van der Waals surface area contributed by atoms with Crippen molar-refractivity contribution in [2.75, 3.05) is 13.6 Å². The van der Waals surface area contributed by atoms with Crippen molar-refractivity contribution >= 4 is 29.1 Å². The fraction of sp³-hybridized carbons (Fsp3) is 0.222. The number of rotatable bonds is 2. The summed E-state index contributed by atoms with van der Waals surface area (Å²) in [5.74, 6) is -0.356. The number of aromatic nitrogens is 1. The third-order valence-corrected chi connectivity index (χ3v) is 2.20. The van der Waals surface area contributed by atoms with Crippen LogP contribution in [-0.2, 0) is 0 Å². The van der Waals surface area contributed by atoms with E-state index in [4.69, 9.17) is 28.5 Å². The molecule has 0 N–H and O–H groups in total. The number of nitriles is 1. The summed E-state index contributed by atoms with van der Waals surface area (Å²) in [6.07, 6.45) is 0. The number of pyridine rings is 1. The van der Waals surface area contributed by atoms with Crippen LogP contribution in [0.3, 0.4) is 0 Å². The predicted molar refractivity (Wildman–Crippen MR) is 56.8 cm³/mol. The van der Waals surface area contributed by atoms with Crippen LogP contribution in [0.25, 0.3) is 0 Å². The van der Waals surface area contributed by atoms with Gasteiger partial charge in [0.25, 0.3) is 5.91 Å². The predicted octanol–water partition coefficient (Wildman–Crippen LogP) is 1.98. The second kappa shape index (κ2) is 4.96. The van der Waals surface area contributed by atoms with E-state index in [1.54, 1.807) is 0 Å². The summed E-state index contributed by atoms with van der Waals surface area (Å²) in [6.45, 7) is -0.00219. The Morgan fingerprint density at radius 3 is 2.80 bits per heavy atom. The molecule has 0 radical (unpaired) electrons. The Morgan fingerprint density at radius 2 is 2.27 bits per heavy atom. The molecule has 6 heteroatoms. The molecule has 0 spiro atoms. The lowest BCUT2D eigenvalue weighted by atomic mass is 10.2. The van der Waals surface area contributed by atoms with Crippen molar-refractivity contribution in [3.05, 3.63) is 28.0 Å². The van der Waals surface area contributed by atoms with Crippen LogP contribution in [-0.4, -0.2) is 29.4 Å². The molecule has 1 heterocycles. The lowest BCUT2D eigenvalue weighted by Crippen LogP contribution is -2.27. The third kappa shape index (κ3) is 2.82. The summed E-state index contributed by atoms with van der Waals surface area (Å²) in [6, 6.07) is 4.82. The van der Waals surface area contributed by atoms with Crippen LogP contribution in [0, 0.1) is 11.3 Å². The van der Waals surface area contributed by atoms with Crippen molar-refractivity contribution in [2.24, 2.45) is 0 Å². The van der Waals surface area contributed by atoms with Gasteiger partial charge in [0.2, 0.25) is 0 Å². The Hall–Kier alpha value is -1.31. The van der Waals surface area contributed by atoms with E-state index in [0.717, 1.165) is 0 Å². The van der Waals surface area contributed by atoms with Crippen molar-refractivity contribution < 1.29 is 4.79 Å². The summed E-state index contributed by atoms with van der Waals surface area (Å²) in [7, 11) is 1.51. The van der Waals surface area contributed by atoms with Crippen LogP contribution >= 0.6 is 23.2 Å². The maximum absolute atomic E-state index is 11.7. The molecule has 0 aliphatic rings. The number of carbonyl (C=O) groups excluding carboxylic acids is 1. The molecule has 4 nitrogen and oxygen atoms in total. The van der Waals surface area contributed by atoms with Gasteiger partial charge in [0.15, 0.2) is 0 Å². The molecular weight excluding hydrogens is 237 g/mol. The number of nitrogens with zero attached hydrogens (tertiary/aromatic N) is 3. The molecule has 78 valence electrons. The molecule has 1 aromatic heterocycles. The molecule has 0 saturated heterocycles. The number of amides is 1. The number of halogens is 2. The monoisotopic (exact) mass is 243 g/mol. The molecule has 1 amide bonds. The number of hydrogen-bond acceptors (Lipinski definition) is 3. The van der Waals surface area contributed by atoms with E-state index in [2.05, 4.69) is 4.98 Å². The third-order valence-electron chi connectivity index (χ3n) is 1.70. The fourth-order valence-corrected chi connectivity index (χ4v) is 1.38. The Bertz CT molecular complexity index is 428. The van der Waals surface area contributed by atoms with Crippen molar-refractivity contribution in [1.29, 1.82) is 5.26 Å². The Kier molecular flexibility index (Phi) is 3.89. The topological polar surface area (TPSA) is 57.0 Å². The molecule has 0 bridgehead atoms. The van der Waals surface area contributed by atoms with Gasteiger partial charge in [-0.15, -0.1) is 0 Å². The molecule has 1 rings (SSSR count). The average Bonchev–Trinajstić information content (AvgIpc) is 2.17. The first-order chi connectivity index (χ1) is 7.06. The van der Waals surface area contributed by atoms with E-state index in [1.807, 2.05) is 6.07 Å². The van der Waals surface area contributed by atoms with Crippen molar-refractivity contribution in [2.45, 2.75) is 0 Å². The van der Waals surface area contributed by atoms with Crippen molar-refractivity contribution in [3.63, 3.8) is 0 Å². The molecule has 0 fully saturated rings. The summed E-state index contributed by atoms with van der Waals surface area (Å²) in [5.41, 5.74) is 0.235. The van der Waals surface area contributed by atoms with E-state index in [-0.39, 0.29) is 28.3 Å². The zero-order valence-corrected chi connectivity index (χ0v) is 9.38. The highest BCUT2D eigenvalue weighted by Crippen LogP contribution is 2.17. The zero-order chi connectivity index (χ0) is 11.4. The standard InChI is InChI=1S/C9H7Cl2N3O/c1-14(5-4-12)9(15)6-2-3-7(10)13-8(6)11/h2-3H,5H2,1H3. The zero-order valence-electron chi connectivity index (χ0n) is 7.87. The minimum Gasteiger partial charge on any atom is -0.328 e. The van der Waals surface area contributed by atoms with Crippen LogP contribution < -0.4 is 0 Å². The van der Waals surface area contributed by atoms with Gasteiger partial charge in [0.1, 0.15) is 16.9 Å². The molecule has 0 atom stereocenters. The highest BCUT2D eigenvalue weighted by molar-refractivity contribution is 6.34. The summed E-state index contributed by atoms with van der Waals surface area (Å²) < 4.78 is 0. The lowest BCUT2D eigenvalue weighted by molar-refractivity contribution is 0.0812. The first-order valence-corrected chi connectivity index (χ1v) is 4.76. The average molecular weight is 244 g/mol. The van der Waals surface area contributed by atoms with Gasteiger partial charge in [-0.25, -0.2) is 4.98 Å². The SMILES string of the molecule is CN(CC#N)C(=O)c1ccc(Cl)nc1Cl. The van der Waals surface area contributed by atoms with Gasteiger partial charge < -0.3 is 4.90 Å². The first-order valence-electron chi connectivity index (χ1n) is 4.00. The van der Waals surface area contributed by atoms with Gasteiger partial charge in [-0.05, 0) is 12.1 Å². The van der Waals surface area contributed by atoms with E-state index in [9.17, 15) is 4.79 Å². The second-order valence-electron chi connectivity index (χ2n) is 2.79. The molecule has 0 saturated carbocycles. The molecule has 0 unspecified atom stereocenters. The van der Waals surface area contributed by atoms with Gasteiger partial charge >= 0.3 is 0 Å². The van der Waals surface area contributed by atoms with Crippen molar-refractivity contribution in [3.8, 4) is 6.07 Å². The van der Waals surface area contributed by atoms with Crippen LogP contribution in [0.4, 0.5) is 0 Å². The van der Waals surface area contributed by atoms with Crippen LogP contribution in [0.2, 0.25) is 10.3 Å².